The van der Waals surface area contributed by atoms with Crippen LogP contribution in [0.25, 0.3) is 0 Å². The van der Waals surface area contributed by atoms with Crippen molar-refractivity contribution in [3.05, 3.63) is 53.3 Å². The van der Waals surface area contributed by atoms with Crippen molar-refractivity contribution in [1.29, 1.82) is 0 Å². The van der Waals surface area contributed by atoms with E-state index >= 15 is 0 Å². The number of fused-ring (bicyclic) bond motifs is 2. The number of amides is 1. The summed E-state index contributed by atoms with van der Waals surface area (Å²) in [7, 11) is 0. The average Bonchev–Trinajstić information content (AvgIpc) is 3.46. The molecule has 1 amide bonds. The third-order valence-electron chi connectivity index (χ3n) is 5.91. The minimum atomic E-state index is -0.225. The van der Waals surface area contributed by atoms with Crippen LogP contribution in [0.4, 0.5) is 5.95 Å². The largest absolute Gasteiger partial charge is 0.376 e. The second kappa shape index (κ2) is 6.60. The second-order valence-electron chi connectivity index (χ2n) is 8.01. The monoisotopic (exact) mass is 364 g/mol. The maximum absolute atomic E-state index is 12.9. The van der Waals surface area contributed by atoms with Gasteiger partial charge in [-0.25, -0.2) is 9.97 Å². The van der Waals surface area contributed by atoms with E-state index in [4.69, 9.17) is 9.72 Å². The quantitative estimate of drug-likeness (QED) is 0.903. The van der Waals surface area contributed by atoms with Crippen molar-refractivity contribution >= 4 is 11.9 Å². The molecule has 3 heterocycles. The number of carbonyl (C=O) groups is 1. The number of nitrogens with one attached hydrogen (secondary N) is 1. The summed E-state index contributed by atoms with van der Waals surface area (Å²) in [6, 6.07) is 9.49. The van der Waals surface area contributed by atoms with E-state index in [0.29, 0.717) is 25.7 Å². The Morgan fingerprint density at radius 3 is 2.96 bits per heavy atom. The lowest BCUT2D eigenvalue weighted by Crippen LogP contribution is -2.41. The maximum atomic E-state index is 12.9. The van der Waals surface area contributed by atoms with Gasteiger partial charge in [0.15, 0.2) is 0 Å². The Balaban J connectivity index is 1.39. The molecule has 1 unspecified atom stereocenters. The summed E-state index contributed by atoms with van der Waals surface area (Å²) in [4.78, 5) is 24.2. The van der Waals surface area contributed by atoms with E-state index < -0.39 is 0 Å². The van der Waals surface area contributed by atoms with Crippen molar-refractivity contribution in [2.75, 3.05) is 31.6 Å². The summed E-state index contributed by atoms with van der Waals surface area (Å²) in [6.07, 6.45) is 5.36. The van der Waals surface area contributed by atoms with Gasteiger partial charge in [-0.05, 0) is 37.3 Å². The summed E-state index contributed by atoms with van der Waals surface area (Å²) in [6.45, 7) is 3.48. The molecule has 1 aromatic heterocycles. The molecule has 140 valence electrons. The van der Waals surface area contributed by atoms with Crippen LogP contribution in [0.2, 0.25) is 0 Å². The fourth-order valence-electron chi connectivity index (χ4n) is 4.16. The number of benzene rings is 1. The zero-order valence-corrected chi connectivity index (χ0v) is 15.4. The smallest absolute Gasteiger partial charge is 0.253 e. The molecule has 0 radical (unpaired) electrons. The summed E-state index contributed by atoms with van der Waals surface area (Å²) < 4.78 is 5.88. The molecule has 6 heteroatoms. The highest BCUT2D eigenvalue weighted by Crippen LogP contribution is 2.39. The van der Waals surface area contributed by atoms with Gasteiger partial charge in [0.25, 0.3) is 5.91 Å². The Kier molecular flexibility index (Phi) is 4.08. The number of rotatable bonds is 4. The molecular formula is C21H24N4O2. The van der Waals surface area contributed by atoms with Gasteiger partial charge < -0.3 is 15.0 Å². The lowest BCUT2D eigenvalue weighted by molar-refractivity contribution is 0.0485. The molecule has 1 atom stereocenters. The van der Waals surface area contributed by atoms with Crippen molar-refractivity contribution < 1.29 is 9.53 Å². The molecule has 1 saturated carbocycles. The van der Waals surface area contributed by atoms with Crippen LogP contribution in [-0.4, -0.2) is 47.0 Å². The van der Waals surface area contributed by atoms with Crippen molar-refractivity contribution in [1.82, 2.24) is 14.9 Å². The van der Waals surface area contributed by atoms with Gasteiger partial charge >= 0.3 is 0 Å². The molecule has 1 aromatic carbocycles. The molecule has 1 N–H and O–H groups in total. The maximum Gasteiger partial charge on any atom is 0.253 e. The minimum Gasteiger partial charge on any atom is -0.376 e. The van der Waals surface area contributed by atoms with Gasteiger partial charge in [-0.15, -0.1) is 0 Å². The summed E-state index contributed by atoms with van der Waals surface area (Å²) in [5.74, 6) is 1.56. The van der Waals surface area contributed by atoms with Crippen LogP contribution >= 0.6 is 0 Å². The Bertz CT molecular complexity index is 853. The number of aromatic nitrogens is 2. The molecule has 6 nitrogen and oxygen atoms in total. The molecule has 5 rings (SSSR count). The fraction of sp³-hybridized carbons (Fsp3) is 0.476. The highest BCUT2D eigenvalue weighted by atomic mass is 16.5. The van der Waals surface area contributed by atoms with E-state index in [9.17, 15) is 4.79 Å². The van der Waals surface area contributed by atoms with E-state index in [1.807, 2.05) is 41.4 Å². The molecule has 1 aliphatic carbocycles. The molecule has 2 aromatic rings. The van der Waals surface area contributed by atoms with Crippen LogP contribution in [0.15, 0.2) is 36.5 Å². The number of ether oxygens (including phenoxy) is 1. The normalized spacial score (nSPS) is 24.1. The second-order valence-corrected chi connectivity index (χ2v) is 8.01. The lowest BCUT2D eigenvalue weighted by atomic mass is 9.80. The predicted molar refractivity (Wildman–Crippen MR) is 102 cm³/mol. The Hall–Kier alpha value is -2.47. The van der Waals surface area contributed by atoms with Gasteiger partial charge in [-0.2, -0.15) is 0 Å². The number of hydrogen-bond donors (Lipinski definition) is 1. The van der Waals surface area contributed by atoms with E-state index in [1.54, 1.807) is 0 Å². The number of hydrogen-bond acceptors (Lipinski definition) is 5. The number of carbonyl (C=O) groups excluding carboxylic acids is 1. The van der Waals surface area contributed by atoms with Gasteiger partial charge in [-0.3, -0.25) is 4.79 Å². The van der Waals surface area contributed by atoms with E-state index in [2.05, 4.69) is 10.3 Å². The zero-order valence-electron chi connectivity index (χ0n) is 15.4. The van der Waals surface area contributed by atoms with Crippen molar-refractivity contribution in [3.63, 3.8) is 0 Å². The zero-order chi connectivity index (χ0) is 18.3. The molecule has 1 spiro atoms. The predicted octanol–water partition coefficient (Wildman–Crippen LogP) is 2.61. The van der Waals surface area contributed by atoms with Gasteiger partial charge in [0.1, 0.15) is 0 Å². The molecule has 2 fully saturated rings. The number of likely N-dealkylation sites (tertiary alicyclic amines) is 1. The summed E-state index contributed by atoms with van der Waals surface area (Å²) >= 11 is 0. The Labute approximate surface area is 159 Å². The van der Waals surface area contributed by atoms with Crippen LogP contribution in [0, 0.1) is 5.92 Å². The van der Waals surface area contributed by atoms with Crippen LogP contribution in [0.3, 0.4) is 0 Å². The minimum absolute atomic E-state index is 0.0840. The topological polar surface area (TPSA) is 67.4 Å². The van der Waals surface area contributed by atoms with Crippen molar-refractivity contribution in [2.24, 2.45) is 5.92 Å². The molecule has 27 heavy (non-hydrogen) atoms. The van der Waals surface area contributed by atoms with Crippen molar-refractivity contribution in [2.45, 2.75) is 31.3 Å². The summed E-state index contributed by atoms with van der Waals surface area (Å²) in [5, 5.41) is 3.38. The lowest BCUT2D eigenvalue weighted by Gasteiger charge is -2.34. The van der Waals surface area contributed by atoms with Gasteiger partial charge in [-0.1, -0.05) is 18.2 Å². The van der Waals surface area contributed by atoms with Crippen LogP contribution in [0.5, 0.6) is 0 Å². The number of anilines is 1. The Morgan fingerprint density at radius 2 is 2.15 bits per heavy atom. The molecule has 0 bridgehead atoms. The molecule has 2 aliphatic heterocycles. The van der Waals surface area contributed by atoms with E-state index in [1.165, 1.54) is 12.8 Å². The highest BCUT2D eigenvalue weighted by Gasteiger charge is 2.46. The third kappa shape index (κ3) is 3.18. The van der Waals surface area contributed by atoms with Crippen LogP contribution in [0.1, 0.15) is 40.9 Å². The van der Waals surface area contributed by atoms with Gasteiger partial charge in [0.05, 0.1) is 24.3 Å². The standard InChI is InChI=1S/C21H24N4O2/c26-19(16-4-2-1-3-5-16)25-9-8-21(13-25)14-27-12-17-11-23-20(24-18(17)21)22-10-15-6-7-15/h1-5,11,15H,6-10,12-14H2,(H,22,23,24). The summed E-state index contributed by atoms with van der Waals surface area (Å²) in [5.41, 5.74) is 2.62. The van der Waals surface area contributed by atoms with E-state index in [-0.39, 0.29) is 11.3 Å². The van der Waals surface area contributed by atoms with Crippen LogP contribution in [-0.2, 0) is 16.8 Å². The van der Waals surface area contributed by atoms with Gasteiger partial charge in [0.2, 0.25) is 5.95 Å². The van der Waals surface area contributed by atoms with Gasteiger partial charge in [0, 0.05) is 37.0 Å². The number of nitrogens with zero attached hydrogens (tertiary/aromatic N) is 3. The first-order valence-corrected chi connectivity index (χ1v) is 9.76. The Morgan fingerprint density at radius 1 is 1.30 bits per heavy atom. The molecule has 1 saturated heterocycles. The first-order valence-electron chi connectivity index (χ1n) is 9.76. The van der Waals surface area contributed by atoms with E-state index in [0.717, 1.165) is 42.2 Å². The first kappa shape index (κ1) is 16.7. The van der Waals surface area contributed by atoms with Crippen molar-refractivity contribution in [3.8, 4) is 0 Å². The fourth-order valence-corrected chi connectivity index (χ4v) is 4.16. The SMILES string of the molecule is O=C(c1ccccc1)N1CCC2(COCc3cnc(NCC4CC4)nc32)C1. The highest BCUT2D eigenvalue weighted by molar-refractivity contribution is 5.94. The first-order chi connectivity index (χ1) is 13.2. The average molecular weight is 364 g/mol. The molecular weight excluding hydrogens is 340 g/mol. The van der Waals surface area contributed by atoms with Crippen LogP contribution < -0.4 is 5.32 Å². The third-order valence-corrected chi connectivity index (χ3v) is 5.91. The molecule has 3 aliphatic rings.